The van der Waals surface area contributed by atoms with Gasteiger partial charge in [-0.1, -0.05) is 230 Å². The van der Waals surface area contributed by atoms with Crippen molar-refractivity contribution in [3.8, 4) is 0 Å². The summed E-state index contributed by atoms with van der Waals surface area (Å²) in [5.74, 6) is -0.597. The molecule has 1 amide bonds. The molecule has 0 aliphatic heterocycles. The number of unbranched alkanes of at least 4 members (excludes halogenated alkanes) is 31. The van der Waals surface area contributed by atoms with Gasteiger partial charge in [0, 0.05) is 0 Å². The number of carbonyl (C=O) groups excluding carboxylic acids is 1. The van der Waals surface area contributed by atoms with Gasteiger partial charge in [-0.2, -0.15) is 0 Å². The molecule has 0 radical (unpaired) electrons. The van der Waals surface area contributed by atoms with Gasteiger partial charge in [-0.3, -0.25) is 4.79 Å². The first-order valence-electron chi connectivity index (χ1n) is 25.4. The smallest absolute Gasteiger partial charge is 0.249 e. The predicted molar refractivity (Wildman–Crippen MR) is 251 cm³/mol. The fourth-order valence-corrected chi connectivity index (χ4v) is 7.79. The summed E-state index contributed by atoms with van der Waals surface area (Å²) in [7, 11) is 0. The van der Waals surface area contributed by atoms with Crippen LogP contribution in [0.5, 0.6) is 0 Å². The molecule has 0 heterocycles. The predicted octanol–water partition coefficient (Wildman–Crippen LogP) is 14.1. The Kier molecular flexibility index (Phi) is 45.4. The van der Waals surface area contributed by atoms with Gasteiger partial charge in [-0.25, -0.2) is 0 Å². The maximum atomic E-state index is 12.5. The Labute approximate surface area is 360 Å². The van der Waals surface area contributed by atoms with E-state index in [1.54, 1.807) is 0 Å². The molecule has 0 rings (SSSR count). The molecule has 6 nitrogen and oxygen atoms in total. The van der Waals surface area contributed by atoms with Crippen LogP contribution in [0.1, 0.15) is 258 Å². The molecule has 0 aromatic carbocycles. The third kappa shape index (κ3) is 40.0. The van der Waals surface area contributed by atoms with Crippen LogP contribution in [0, 0.1) is 0 Å². The molecule has 0 bridgehead atoms. The Morgan fingerprint density at radius 3 is 1.09 bits per heavy atom. The summed E-state index contributed by atoms with van der Waals surface area (Å²) >= 11 is 0. The van der Waals surface area contributed by atoms with Gasteiger partial charge >= 0.3 is 0 Å². The fourth-order valence-electron chi connectivity index (χ4n) is 7.79. The van der Waals surface area contributed by atoms with E-state index in [1.807, 2.05) is 0 Å². The van der Waals surface area contributed by atoms with Gasteiger partial charge in [0.05, 0.1) is 18.8 Å². The Hall–Kier alpha value is -1.47. The maximum absolute atomic E-state index is 12.5. The second-order valence-electron chi connectivity index (χ2n) is 17.5. The quantitative estimate of drug-likeness (QED) is 0.0310. The Bertz CT molecular complexity index is 919. The van der Waals surface area contributed by atoms with Gasteiger partial charge in [0.25, 0.3) is 0 Å². The number of allylic oxidation sites excluding steroid dienone is 6. The van der Waals surface area contributed by atoms with Gasteiger partial charge in [0.15, 0.2) is 0 Å². The van der Waals surface area contributed by atoms with Crippen LogP contribution in [-0.4, -0.2) is 57.3 Å². The first kappa shape index (κ1) is 56.5. The topological polar surface area (TPSA) is 110 Å². The number of amides is 1. The van der Waals surface area contributed by atoms with Gasteiger partial charge in [-0.15, -0.1) is 0 Å². The lowest BCUT2D eigenvalue weighted by Crippen LogP contribution is -2.53. The molecule has 0 aromatic heterocycles. The Morgan fingerprint density at radius 2 is 0.724 bits per heavy atom. The highest BCUT2D eigenvalue weighted by atomic mass is 16.3. The first-order chi connectivity index (χ1) is 28.5. The summed E-state index contributed by atoms with van der Waals surface area (Å²) < 4.78 is 0. The minimum absolute atomic E-state index is 0.362. The van der Waals surface area contributed by atoms with Crippen LogP contribution >= 0.6 is 0 Å². The van der Waals surface area contributed by atoms with Crippen LogP contribution in [0.15, 0.2) is 36.5 Å². The zero-order chi connectivity index (χ0) is 42.4. The molecule has 0 aromatic rings. The van der Waals surface area contributed by atoms with E-state index in [9.17, 15) is 25.2 Å². The highest BCUT2D eigenvalue weighted by molar-refractivity contribution is 5.80. The summed E-state index contributed by atoms with van der Waals surface area (Å²) in [4.78, 5) is 12.5. The second-order valence-corrected chi connectivity index (χ2v) is 17.5. The number of hydrogen-bond donors (Lipinski definition) is 5. The van der Waals surface area contributed by atoms with Crippen molar-refractivity contribution in [3.63, 3.8) is 0 Å². The fraction of sp³-hybridized carbons (Fsp3) is 0.865. The SMILES string of the molecule is CCCCCCCCCCCC/C=C/CC/C=C/CC/C=C/CCCC(O)C(O)C(CO)NC(=O)C(O)CCCCCCCCCCCCCCCCCCCCC. The van der Waals surface area contributed by atoms with Crippen LogP contribution in [0.4, 0.5) is 0 Å². The molecule has 0 aliphatic rings. The van der Waals surface area contributed by atoms with E-state index in [1.165, 1.54) is 173 Å². The molecule has 0 spiro atoms. The lowest BCUT2D eigenvalue weighted by molar-refractivity contribution is -0.132. The maximum Gasteiger partial charge on any atom is 0.249 e. The zero-order valence-electron chi connectivity index (χ0n) is 38.5. The number of nitrogens with one attached hydrogen (secondary N) is 1. The number of hydrogen-bond acceptors (Lipinski definition) is 5. The van der Waals surface area contributed by atoms with Gasteiger partial charge in [0.2, 0.25) is 5.91 Å². The molecular formula is C52H99NO5. The summed E-state index contributed by atoms with van der Waals surface area (Å²) in [6.45, 7) is 4.05. The highest BCUT2D eigenvalue weighted by Gasteiger charge is 2.28. The second kappa shape index (κ2) is 46.6. The van der Waals surface area contributed by atoms with Crippen molar-refractivity contribution in [3.05, 3.63) is 36.5 Å². The van der Waals surface area contributed by atoms with E-state index in [0.717, 1.165) is 51.4 Å². The normalized spacial score (nSPS) is 14.2. The van der Waals surface area contributed by atoms with E-state index in [4.69, 9.17) is 0 Å². The molecule has 342 valence electrons. The van der Waals surface area contributed by atoms with Crippen molar-refractivity contribution in [1.82, 2.24) is 5.32 Å². The van der Waals surface area contributed by atoms with Crippen LogP contribution in [0.3, 0.4) is 0 Å². The number of rotatable bonds is 46. The molecule has 4 unspecified atom stereocenters. The minimum atomic E-state index is -1.29. The van der Waals surface area contributed by atoms with E-state index in [0.29, 0.717) is 19.3 Å². The average Bonchev–Trinajstić information content (AvgIpc) is 3.23. The highest BCUT2D eigenvalue weighted by Crippen LogP contribution is 2.16. The molecular weight excluding hydrogens is 719 g/mol. The van der Waals surface area contributed by atoms with Gasteiger partial charge < -0.3 is 25.7 Å². The molecule has 0 fully saturated rings. The third-order valence-electron chi connectivity index (χ3n) is 11.8. The van der Waals surface area contributed by atoms with Crippen molar-refractivity contribution >= 4 is 5.91 Å². The van der Waals surface area contributed by atoms with E-state index in [2.05, 4.69) is 55.6 Å². The van der Waals surface area contributed by atoms with Gasteiger partial charge in [0.1, 0.15) is 12.2 Å². The summed E-state index contributed by atoms with van der Waals surface area (Å²) in [5.41, 5.74) is 0. The molecule has 0 saturated heterocycles. The Morgan fingerprint density at radius 1 is 0.414 bits per heavy atom. The summed E-state index contributed by atoms with van der Waals surface area (Å²) in [6, 6.07) is -1.01. The van der Waals surface area contributed by atoms with Crippen molar-refractivity contribution in [2.75, 3.05) is 6.61 Å². The van der Waals surface area contributed by atoms with Crippen LogP contribution in [-0.2, 0) is 4.79 Å². The van der Waals surface area contributed by atoms with Crippen LogP contribution in [0.2, 0.25) is 0 Å². The van der Waals surface area contributed by atoms with Crippen LogP contribution in [0.25, 0.3) is 0 Å². The summed E-state index contributed by atoms with van der Waals surface area (Å²) in [6.07, 6.45) is 56.2. The van der Waals surface area contributed by atoms with Crippen molar-refractivity contribution < 1.29 is 25.2 Å². The van der Waals surface area contributed by atoms with E-state index in [-0.39, 0.29) is 0 Å². The molecule has 6 heteroatoms. The van der Waals surface area contributed by atoms with Crippen molar-refractivity contribution in [1.29, 1.82) is 0 Å². The monoisotopic (exact) mass is 818 g/mol. The molecule has 58 heavy (non-hydrogen) atoms. The Balaban J connectivity index is 3.75. The average molecular weight is 818 g/mol. The number of aliphatic hydroxyl groups is 4. The van der Waals surface area contributed by atoms with Crippen molar-refractivity contribution in [2.24, 2.45) is 0 Å². The lowest BCUT2D eigenvalue weighted by atomic mass is 10.00. The first-order valence-corrected chi connectivity index (χ1v) is 25.4. The third-order valence-corrected chi connectivity index (χ3v) is 11.8. The molecule has 0 saturated carbocycles. The minimum Gasteiger partial charge on any atom is -0.394 e. The van der Waals surface area contributed by atoms with Crippen molar-refractivity contribution in [2.45, 2.75) is 282 Å². The summed E-state index contributed by atoms with van der Waals surface area (Å²) in [5, 5.41) is 43.8. The van der Waals surface area contributed by atoms with E-state index < -0.39 is 36.9 Å². The molecule has 0 aliphatic carbocycles. The molecule has 4 atom stereocenters. The van der Waals surface area contributed by atoms with Gasteiger partial charge in [-0.05, 0) is 64.2 Å². The largest absolute Gasteiger partial charge is 0.394 e. The molecule has 5 N–H and O–H groups in total. The lowest BCUT2D eigenvalue weighted by Gasteiger charge is -2.27. The number of carbonyl (C=O) groups is 1. The zero-order valence-corrected chi connectivity index (χ0v) is 38.5. The van der Waals surface area contributed by atoms with E-state index >= 15 is 0 Å². The standard InChI is InChI=1S/C52H99NO5/c1-3-5-7-9-11-13-15-17-19-21-23-24-25-26-28-29-31-33-35-37-39-41-43-45-49(55)51(57)48(47-54)53-52(58)50(56)46-44-42-40-38-36-34-32-30-27-22-20-18-16-14-12-10-8-6-4-2/h24-25,29,31,37,39,48-51,54-57H,3-23,26-28,30,32-36,38,40-47H2,1-2H3,(H,53,58)/b25-24+,31-29+,39-37+. The van der Waals surface area contributed by atoms with Crippen LogP contribution < -0.4 is 5.32 Å². The number of aliphatic hydroxyl groups excluding tert-OH is 4.